The summed E-state index contributed by atoms with van der Waals surface area (Å²) in [6, 6.07) is 59.4. The lowest BCUT2D eigenvalue weighted by Gasteiger charge is -2.26. The lowest BCUT2D eigenvalue weighted by Crippen LogP contribution is -2.24. The normalized spacial score (nSPS) is 17.8. The highest BCUT2D eigenvalue weighted by atomic mass is 16.3. The van der Waals surface area contributed by atoms with E-state index >= 15 is 0 Å². The van der Waals surface area contributed by atoms with Gasteiger partial charge in [-0.1, -0.05) is 177 Å². The van der Waals surface area contributed by atoms with Crippen molar-refractivity contribution in [2.24, 2.45) is 10.9 Å². The molecule has 290 valence electrons. The predicted molar refractivity (Wildman–Crippen MR) is 250 cm³/mol. The molecule has 3 unspecified atom stereocenters. The number of hydrogen-bond donors (Lipinski definition) is 1. The standard InChI is InChI=1S/C56H39N3O2/c1-34-31-40(28-29-41(34)35-23-25-37(26-24-35)48-33-47(36-13-4-2-5-14-36)58-56(59-48)38-15-6-3-7-16-38)53-55-52(46-18-9-11-22-51(46)61-55)45-30-27-39(32-49(45)57-53)42-19-12-20-44-43-17-8-10-21-50(43)60-54(42)44/h2-34,41,56,59H,1H3. The van der Waals surface area contributed by atoms with Crippen molar-refractivity contribution in [1.29, 1.82) is 0 Å². The minimum Gasteiger partial charge on any atom is -0.455 e. The third-order valence-electron chi connectivity index (χ3n) is 12.4. The van der Waals surface area contributed by atoms with E-state index in [0.29, 0.717) is 0 Å². The molecule has 2 aliphatic rings. The summed E-state index contributed by atoms with van der Waals surface area (Å²) in [5.74, 6) is 0.415. The number of allylic oxidation sites excluding steroid dienone is 5. The monoisotopic (exact) mass is 785 g/mol. The predicted octanol–water partition coefficient (Wildman–Crippen LogP) is 14.2. The molecule has 0 fully saturated rings. The van der Waals surface area contributed by atoms with Gasteiger partial charge in [-0.05, 0) is 58.0 Å². The molecule has 5 heteroatoms. The molecular formula is C56H39N3O2. The average molecular weight is 786 g/mol. The number of para-hydroxylation sites is 3. The van der Waals surface area contributed by atoms with Gasteiger partial charge in [-0.3, -0.25) is 4.99 Å². The first kappa shape index (κ1) is 35.2. The number of pyridine rings is 1. The van der Waals surface area contributed by atoms with Crippen LogP contribution in [0.2, 0.25) is 0 Å². The van der Waals surface area contributed by atoms with Crippen LogP contribution in [0.5, 0.6) is 0 Å². The first-order valence-corrected chi connectivity index (χ1v) is 21.0. The van der Waals surface area contributed by atoms with E-state index in [-0.39, 0.29) is 18.0 Å². The number of nitrogens with zero attached hydrogens (tertiary/aromatic N) is 2. The van der Waals surface area contributed by atoms with Crippen molar-refractivity contribution in [2.45, 2.75) is 19.0 Å². The zero-order valence-electron chi connectivity index (χ0n) is 33.4. The van der Waals surface area contributed by atoms with Crippen LogP contribution >= 0.6 is 0 Å². The van der Waals surface area contributed by atoms with Crippen molar-refractivity contribution < 1.29 is 8.83 Å². The van der Waals surface area contributed by atoms with Crippen molar-refractivity contribution in [1.82, 2.24) is 10.3 Å². The van der Waals surface area contributed by atoms with Gasteiger partial charge in [-0.15, -0.1) is 0 Å². The van der Waals surface area contributed by atoms with Gasteiger partial charge >= 0.3 is 0 Å². The second-order valence-electron chi connectivity index (χ2n) is 16.2. The molecule has 3 atom stereocenters. The van der Waals surface area contributed by atoms with Crippen LogP contribution in [0, 0.1) is 5.92 Å². The number of fused-ring (bicyclic) bond motifs is 8. The van der Waals surface area contributed by atoms with E-state index in [9.17, 15) is 0 Å². The Hall–Kier alpha value is -7.76. The molecule has 7 aromatic carbocycles. The molecule has 0 amide bonds. The van der Waals surface area contributed by atoms with E-state index in [4.69, 9.17) is 18.8 Å². The summed E-state index contributed by atoms with van der Waals surface area (Å²) < 4.78 is 13.1. The van der Waals surface area contributed by atoms with Crippen molar-refractivity contribution >= 4 is 71.8 Å². The van der Waals surface area contributed by atoms with Crippen LogP contribution in [0.15, 0.2) is 208 Å². The van der Waals surface area contributed by atoms with Crippen LogP contribution in [-0.4, -0.2) is 10.7 Å². The summed E-state index contributed by atoms with van der Waals surface area (Å²) in [7, 11) is 0. The summed E-state index contributed by atoms with van der Waals surface area (Å²) in [6.07, 6.45) is 8.91. The van der Waals surface area contributed by atoms with Gasteiger partial charge < -0.3 is 14.2 Å². The molecule has 0 radical (unpaired) electrons. The lowest BCUT2D eigenvalue weighted by atomic mass is 9.81. The van der Waals surface area contributed by atoms with E-state index in [1.807, 2.05) is 36.4 Å². The van der Waals surface area contributed by atoms with Crippen molar-refractivity contribution in [3.8, 4) is 11.1 Å². The molecule has 3 aromatic heterocycles. The molecule has 0 saturated heterocycles. The number of furan rings is 2. The van der Waals surface area contributed by atoms with Crippen LogP contribution in [0.25, 0.3) is 77.2 Å². The Morgan fingerprint density at radius 1 is 0.557 bits per heavy atom. The van der Waals surface area contributed by atoms with Gasteiger partial charge in [0.15, 0.2) is 5.58 Å². The lowest BCUT2D eigenvalue weighted by molar-refractivity contribution is 0.636. The van der Waals surface area contributed by atoms with Crippen molar-refractivity contribution in [3.63, 3.8) is 0 Å². The number of benzene rings is 7. The highest BCUT2D eigenvalue weighted by Crippen LogP contribution is 2.43. The highest BCUT2D eigenvalue weighted by molar-refractivity contribution is 6.21. The molecule has 10 aromatic rings. The molecule has 4 heterocycles. The van der Waals surface area contributed by atoms with Crippen LogP contribution in [0.3, 0.4) is 0 Å². The van der Waals surface area contributed by atoms with Crippen LogP contribution in [0.1, 0.15) is 47.0 Å². The summed E-state index contributed by atoms with van der Waals surface area (Å²) >= 11 is 0. The molecule has 5 nitrogen and oxygen atoms in total. The maximum atomic E-state index is 6.67. The molecule has 1 aliphatic heterocycles. The molecule has 0 bridgehead atoms. The quantitative estimate of drug-likeness (QED) is 0.182. The Balaban J connectivity index is 0.895. The van der Waals surface area contributed by atoms with Gasteiger partial charge in [0, 0.05) is 49.7 Å². The number of nitrogens with one attached hydrogen (secondary N) is 1. The molecule has 0 spiro atoms. The molecule has 61 heavy (non-hydrogen) atoms. The fourth-order valence-electron chi connectivity index (χ4n) is 9.37. The Labute approximate surface area is 352 Å². The Bertz CT molecular complexity index is 3460. The van der Waals surface area contributed by atoms with Gasteiger partial charge in [-0.25, -0.2) is 4.98 Å². The number of hydrogen-bond acceptors (Lipinski definition) is 5. The summed E-state index contributed by atoms with van der Waals surface area (Å²) in [5, 5.41) is 9.18. The minimum atomic E-state index is -0.180. The Morgan fingerprint density at radius 3 is 2.05 bits per heavy atom. The van der Waals surface area contributed by atoms with Crippen LogP contribution in [0.4, 0.5) is 0 Å². The smallest absolute Gasteiger partial charge is 0.162 e. The summed E-state index contributed by atoms with van der Waals surface area (Å²) in [6.45, 7) is 2.29. The maximum absolute atomic E-state index is 6.67. The van der Waals surface area contributed by atoms with E-state index in [0.717, 1.165) is 105 Å². The Kier molecular flexibility index (Phi) is 8.20. The molecule has 12 rings (SSSR count). The molecular weight excluding hydrogens is 747 g/mol. The van der Waals surface area contributed by atoms with Crippen molar-refractivity contribution in [3.05, 3.63) is 222 Å². The fourth-order valence-corrected chi connectivity index (χ4v) is 9.37. The molecule has 1 aliphatic carbocycles. The van der Waals surface area contributed by atoms with E-state index < -0.39 is 0 Å². The second-order valence-corrected chi connectivity index (χ2v) is 16.2. The topological polar surface area (TPSA) is 63.6 Å². The number of aliphatic imine (C=N–C) groups is 1. The van der Waals surface area contributed by atoms with Gasteiger partial charge in [0.2, 0.25) is 0 Å². The van der Waals surface area contributed by atoms with Gasteiger partial charge in [0.25, 0.3) is 0 Å². The number of aromatic nitrogens is 1. The van der Waals surface area contributed by atoms with E-state index in [1.165, 1.54) is 5.56 Å². The average Bonchev–Trinajstić information content (AvgIpc) is 3.91. The molecule has 1 N–H and O–H groups in total. The summed E-state index contributed by atoms with van der Waals surface area (Å²) in [4.78, 5) is 10.5. The highest BCUT2D eigenvalue weighted by Gasteiger charge is 2.25. The third kappa shape index (κ3) is 6.00. The SMILES string of the molecule is CC1C=C(c2nc3cc(-c4cccc5c4oc4ccccc45)ccc3c3c2oc2ccccc23)C=CC1c1ccc(C2=CC(c3ccccc3)=NC(c3ccccc3)N2)cc1. The van der Waals surface area contributed by atoms with Gasteiger partial charge in [0.1, 0.15) is 28.6 Å². The Morgan fingerprint density at radius 2 is 1.25 bits per heavy atom. The van der Waals surface area contributed by atoms with Gasteiger partial charge in [-0.2, -0.15) is 0 Å². The number of rotatable bonds is 6. The van der Waals surface area contributed by atoms with Gasteiger partial charge in [0.05, 0.1) is 11.2 Å². The first-order valence-electron chi connectivity index (χ1n) is 21.0. The first-order chi connectivity index (χ1) is 30.1. The van der Waals surface area contributed by atoms with Crippen LogP contribution < -0.4 is 5.32 Å². The van der Waals surface area contributed by atoms with E-state index in [1.54, 1.807) is 0 Å². The maximum Gasteiger partial charge on any atom is 0.162 e. The summed E-state index contributed by atoms with van der Waals surface area (Å²) in [5.41, 5.74) is 15.0. The zero-order chi connectivity index (χ0) is 40.4. The van der Waals surface area contributed by atoms with E-state index in [2.05, 4.69) is 170 Å². The zero-order valence-corrected chi connectivity index (χ0v) is 33.4. The van der Waals surface area contributed by atoms with Crippen LogP contribution in [-0.2, 0) is 0 Å². The third-order valence-corrected chi connectivity index (χ3v) is 12.4. The molecule has 0 saturated carbocycles. The second kappa shape index (κ2) is 14.2. The minimum absolute atomic E-state index is 0.180. The fraction of sp³-hybridized carbons (Fsp3) is 0.0714. The van der Waals surface area contributed by atoms with Crippen molar-refractivity contribution in [2.75, 3.05) is 0 Å². The largest absolute Gasteiger partial charge is 0.455 e.